The van der Waals surface area contributed by atoms with Crippen LogP contribution in [0.1, 0.15) is 35.0 Å². The van der Waals surface area contributed by atoms with Crippen molar-refractivity contribution in [2.75, 3.05) is 6.54 Å². The first-order valence-corrected chi connectivity index (χ1v) is 9.38. The molecule has 0 aliphatic carbocycles. The lowest BCUT2D eigenvalue weighted by Crippen LogP contribution is -2.26. The van der Waals surface area contributed by atoms with Crippen LogP contribution < -0.4 is 5.32 Å². The zero-order chi connectivity index (χ0) is 20.6. The lowest BCUT2D eigenvalue weighted by Gasteiger charge is -2.08. The third kappa shape index (κ3) is 5.75. The number of halogens is 1. The number of hydrogen-bond acceptors (Lipinski definition) is 4. The Kier molecular flexibility index (Phi) is 6.73. The van der Waals surface area contributed by atoms with Gasteiger partial charge in [-0.1, -0.05) is 37.3 Å². The van der Waals surface area contributed by atoms with Crippen LogP contribution in [-0.2, 0) is 22.6 Å². The highest BCUT2D eigenvalue weighted by atomic mass is 19.1. The second kappa shape index (κ2) is 9.64. The molecule has 1 N–H and O–H groups in total. The molecule has 0 atom stereocenters. The van der Waals surface area contributed by atoms with Gasteiger partial charge >= 0.3 is 5.97 Å². The van der Waals surface area contributed by atoms with Gasteiger partial charge < -0.3 is 10.1 Å². The Labute approximate surface area is 168 Å². The number of nitrogens with zero attached hydrogens (tertiary/aromatic N) is 2. The number of benzene rings is 2. The van der Waals surface area contributed by atoms with Crippen molar-refractivity contribution < 1.29 is 18.7 Å². The molecule has 150 valence electrons. The predicted octanol–water partition coefficient (Wildman–Crippen LogP) is 3.44. The quantitative estimate of drug-likeness (QED) is 0.593. The molecule has 29 heavy (non-hydrogen) atoms. The Balaban J connectivity index is 1.53. The summed E-state index contributed by atoms with van der Waals surface area (Å²) in [6.07, 6.45) is 2.51. The monoisotopic (exact) mass is 395 g/mol. The van der Waals surface area contributed by atoms with Crippen molar-refractivity contribution >= 4 is 11.9 Å². The topological polar surface area (TPSA) is 73.2 Å². The number of carbonyl (C=O) groups is 2. The summed E-state index contributed by atoms with van der Waals surface area (Å²) in [5.74, 6) is -1.43. The number of esters is 1. The van der Waals surface area contributed by atoms with E-state index >= 15 is 0 Å². The molecule has 0 radical (unpaired) electrons. The Bertz CT molecular complexity index is 986. The van der Waals surface area contributed by atoms with E-state index in [0.29, 0.717) is 5.69 Å². The molecule has 1 heterocycles. The Morgan fingerprint density at radius 2 is 1.93 bits per heavy atom. The summed E-state index contributed by atoms with van der Waals surface area (Å²) >= 11 is 0. The van der Waals surface area contributed by atoms with Crippen molar-refractivity contribution in [3.63, 3.8) is 0 Å². The summed E-state index contributed by atoms with van der Waals surface area (Å²) < 4.78 is 20.7. The van der Waals surface area contributed by atoms with Gasteiger partial charge in [-0.15, -0.1) is 0 Å². The third-order valence-electron chi connectivity index (χ3n) is 4.27. The Hall–Kier alpha value is -3.48. The number of rotatable bonds is 8. The lowest BCUT2D eigenvalue weighted by atomic mass is 10.1. The fourth-order valence-corrected chi connectivity index (χ4v) is 2.72. The van der Waals surface area contributed by atoms with Crippen LogP contribution in [0.4, 0.5) is 4.39 Å². The molecule has 6 nitrogen and oxygen atoms in total. The van der Waals surface area contributed by atoms with Gasteiger partial charge in [0.2, 0.25) is 0 Å². The maximum absolute atomic E-state index is 14.0. The first kappa shape index (κ1) is 20.3. The van der Waals surface area contributed by atoms with Crippen LogP contribution in [0.25, 0.3) is 5.69 Å². The van der Waals surface area contributed by atoms with Gasteiger partial charge in [-0.3, -0.25) is 9.59 Å². The Morgan fingerprint density at radius 1 is 1.14 bits per heavy atom. The van der Waals surface area contributed by atoms with E-state index in [4.69, 9.17) is 4.74 Å². The summed E-state index contributed by atoms with van der Waals surface area (Å²) in [4.78, 5) is 24.2. The van der Waals surface area contributed by atoms with E-state index in [0.717, 1.165) is 23.7 Å². The van der Waals surface area contributed by atoms with Crippen molar-refractivity contribution in [1.29, 1.82) is 0 Å². The van der Waals surface area contributed by atoms with Crippen LogP contribution in [0.5, 0.6) is 0 Å². The molecule has 0 aliphatic heterocycles. The SMILES string of the molecule is CCc1ccn(-c2cc(F)cc(C(=O)NCCC(=O)OCc3ccccc3)c2)n1. The number of hydrogen-bond donors (Lipinski definition) is 1. The number of aryl methyl sites for hydroxylation is 1. The van der Waals surface area contributed by atoms with E-state index in [1.165, 1.54) is 10.7 Å². The van der Waals surface area contributed by atoms with Crippen molar-refractivity contribution in [1.82, 2.24) is 15.1 Å². The summed E-state index contributed by atoms with van der Waals surface area (Å²) in [7, 11) is 0. The number of ether oxygens (including phenoxy) is 1. The highest BCUT2D eigenvalue weighted by Crippen LogP contribution is 2.14. The molecular weight excluding hydrogens is 373 g/mol. The van der Waals surface area contributed by atoms with Gasteiger partial charge in [-0.25, -0.2) is 9.07 Å². The first-order valence-electron chi connectivity index (χ1n) is 9.38. The van der Waals surface area contributed by atoms with Gasteiger partial charge in [-0.2, -0.15) is 5.10 Å². The third-order valence-corrected chi connectivity index (χ3v) is 4.27. The second-order valence-corrected chi connectivity index (χ2v) is 6.46. The average molecular weight is 395 g/mol. The van der Waals surface area contributed by atoms with Crippen molar-refractivity contribution in [3.8, 4) is 5.69 Å². The number of amides is 1. The number of nitrogens with one attached hydrogen (secondary N) is 1. The number of carbonyl (C=O) groups excluding carboxylic acids is 2. The summed E-state index contributed by atoms with van der Waals surface area (Å²) in [5, 5.41) is 6.94. The molecule has 3 rings (SSSR count). The molecule has 0 unspecified atom stereocenters. The van der Waals surface area contributed by atoms with Gasteiger partial charge in [-0.05, 0) is 36.2 Å². The van der Waals surface area contributed by atoms with E-state index in [1.807, 2.05) is 43.3 Å². The molecule has 0 spiro atoms. The maximum atomic E-state index is 14.0. The zero-order valence-corrected chi connectivity index (χ0v) is 16.1. The molecule has 1 aromatic heterocycles. The fourth-order valence-electron chi connectivity index (χ4n) is 2.72. The fraction of sp³-hybridized carbons (Fsp3) is 0.227. The minimum atomic E-state index is -0.538. The average Bonchev–Trinajstić information content (AvgIpc) is 3.22. The summed E-state index contributed by atoms with van der Waals surface area (Å²) in [6.45, 7) is 2.26. The van der Waals surface area contributed by atoms with E-state index in [9.17, 15) is 14.0 Å². The van der Waals surface area contributed by atoms with Crippen LogP contribution >= 0.6 is 0 Å². The van der Waals surface area contributed by atoms with Crippen LogP contribution in [-0.4, -0.2) is 28.2 Å². The normalized spacial score (nSPS) is 10.6. The van der Waals surface area contributed by atoms with E-state index in [1.54, 1.807) is 12.3 Å². The van der Waals surface area contributed by atoms with Crippen LogP contribution in [0.3, 0.4) is 0 Å². The smallest absolute Gasteiger partial charge is 0.307 e. The minimum absolute atomic E-state index is 0.0275. The van der Waals surface area contributed by atoms with E-state index in [-0.39, 0.29) is 25.1 Å². The number of aromatic nitrogens is 2. The van der Waals surface area contributed by atoms with Crippen molar-refractivity contribution in [2.45, 2.75) is 26.4 Å². The van der Waals surface area contributed by atoms with Crippen LogP contribution in [0.2, 0.25) is 0 Å². The van der Waals surface area contributed by atoms with Gasteiger partial charge in [0.05, 0.1) is 17.8 Å². The predicted molar refractivity (Wildman–Crippen MR) is 106 cm³/mol. The first-order chi connectivity index (χ1) is 14.0. The second-order valence-electron chi connectivity index (χ2n) is 6.46. The molecule has 0 saturated heterocycles. The largest absolute Gasteiger partial charge is 0.461 e. The van der Waals surface area contributed by atoms with Gasteiger partial charge in [0.15, 0.2) is 0 Å². The van der Waals surface area contributed by atoms with E-state index in [2.05, 4.69) is 10.4 Å². The summed E-state index contributed by atoms with van der Waals surface area (Å²) in [5.41, 5.74) is 2.37. The van der Waals surface area contributed by atoms with Crippen LogP contribution in [0, 0.1) is 5.82 Å². The van der Waals surface area contributed by atoms with Crippen molar-refractivity contribution in [2.24, 2.45) is 0 Å². The van der Waals surface area contributed by atoms with Gasteiger partial charge in [0.1, 0.15) is 12.4 Å². The molecule has 0 saturated carbocycles. The minimum Gasteiger partial charge on any atom is -0.461 e. The molecule has 7 heteroatoms. The van der Waals surface area contributed by atoms with E-state index < -0.39 is 17.7 Å². The van der Waals surface area contributed by atoms with Crippen molar-refractivity contribution in [3.05, 3.63) is 83.4 Å². The van der Waals surface area contributed by atoms with Crippen LogP contribution in [0.15, 0.2) is 60.8 Å². The molecule has 0 aliphatic rings. The standard InChI is InChI=1S/C22H22FN3O3/c1-2-19-9-11-26(25-19)20-13-17(12-18(23)14-20)22(28)24-10-8-21(27)29-15-16-6-4-3-5-7-16/h3-7,9,11-14H,2,8,10,15H2,1H3,(H,24,28). The Morgan fingerprint density at radius 3 is 2.66 bits per heavy atom. The van der Waals surface area contributed by atoms with Gasteiger partial charge in [0, 0.05) is 18.3 Å². The highest BCUT2D eigenvalue weighted by molar-refractivity contribution is 5.94. The molecule has 0 bridgehead atoms. The molecule has 0 fully saturated rings. The maximum Gasteiger partial charge on any atom is 0.307 e. The molecule has 1 amide bonds. The molecule has 2 aromatic carbocycles. The molecular formula is C22H22FN3O3. The van der Waals surface area contributed by atoms with Gasteiger partial charge in [0.25, 0.3) is 5.91 Å². The summed E-state index contributed by atoms with van der Waals surface area (Å²) in [6, 6.07) is 15.2. The molecule has 3 aromatic rings. The highest BCUT2D eigenvalue weighted by Gasteiger charge is 2.12. The zero-order valence-electron chi connectivity index (χ0n) is 16.1. The lowest BCUT2D eigenvalue weighted by molar-refractivity contribution is -0.144.